The number of benzene rings is 2. The van der Waals surface area contributed by atoms with Crippen molar-refractivity contribution in [1.29, 1.82) is 0 Å². The smallest absolute Gasteiger partial charge is 0.253 e. The van der Waals surface area contributed by atoms with Crippen molar-refractivity contribution in [1.82, 2.24) is 10.6 Å². The van der Waals surface area contributed by atoms with E-state index in [0.29, 0.717) is 23.6 Å². The molecular weight excluding hydrogens is 383 g/mol. The van der Waals surface area contributed by atoms with Gasteiger partial charge in [0, 0.05) is 11.6 Å². The molecule has 2 amide bonds. The molecule has 1 atom stereocenters. The summed E-state index contributed by atoms with van der Waals surface area (Å²) in [4.78, 5) is 25.1. The zero-order valence-corrected chi connectivity index (χ0v) is 17.0. The predicted molar refractivity (Wildman–Crippen MR) is 110 cm³/mol. The van der Waals surface area contributed by atoms with Gasteiger partial charge in [0.1, 0.15) is 6.04 Å². The molecular formula is C21H24Cl2N2O2. The van der Waals surface area contributed by atoms with Crippen LogP contribution in [0, 0.1) is 5.92 Å². The monoisotopic (exact) mass is 406 g/mol. The van der Waals surface area contributed by atoms with Crippen molar-refractivity contribution in [2.75, 3.05) is 6.54 Å². The first kappa shape index (κ1) is 21.3. The van der Waals surface area contributed by atoms with Crippen molar-refractivity contribution < 1.29 is 9.59 Å². The molecule has 4 nitrogen and oxygen atoms in total. The maximum Gasteiger partial charge on any atom is 0.253 e. The van der Waals surface area contributed by atoms with Crippen LogP contribution < -0.4 is 10.6 Å². The fraction of sp³-hybridized carbons (Fsp3) is 0.333. The van der Waals surface area contributed by atoms with E-state index >= 15 is 0 Å². The minimum Gasteiger partial charge on any atom is -0.354 e. The van der Waals surface area contributed by atoms with Crippen LogP contribution >= 0.6 is 23.2 Å². The summed E-state index contributed by atoms with van der Waals surface area (Å²) < 4.78 is 0. The molecule has 144 valence electrons. The Hall–Kier alpha value is -2.04. The van der Waals surface area contributed by atoms with Gasteiger partial charge in [-0.15, -0.1) is 0 Å². The number of halogens is 2. The lowest BCUT2D eigenvalue weighted by atomic mass is 10.0. The predicted octanol–water partition coefficient (Wildman–Crippen LogP) is 4.50. The van der Waals surface area contributed by atoms with Crippen molar-refractivity contribution in [2.45, 2.75) is 32.7 Å². The van der Waals surface area contributed by atoms with E-state index < -0.39 is 6.04 Å². The Kier molecular flexibility index (Phi) is 8.14. The molecule has 0 saturated carbocycles. The summed E-state index contributed by atoms with van der Waals surface area (Å²) in [6, 6.07) is 14.0. The minimum atomic E-state index is -0.625. The Balaban J connectivity index is 1.98. The first-order chi connectivity index (χ1) is 12.9. The van der Waals surface area contributed by atoms with Crippen LogP contribution in [-0.4, -0.2) is 24.4 Å². The van der Waals surface area contributed by atoms with Crippen LogP contribution in [0.25, 0.3) is 0 Å². The number of carbonyl (C=O) groups excluding carboxylic acids is 2. The highest BCUT2D eigenvalue weighted by Crippen LogP contribution is 2.21. The molecule has 0 bridgehead atoms. The SMILES string of the molecule is CC(C)CC(NC(=O)c1ccc(Cl)cc1Cl)C(=O)NCCc1ccccc1. The number of hydrogen-bond donors (Lipinski definition) is 2. The lowest BCUT2D eigenvalue weighted by Gasteiger charge is -2.20. The molecule has 0 radical (unpaired) electrons. The summed E-state index contributed by atoms with van der Waals surface area (Å²) in [6.45, 7) is 4.52. The molecule has 6 heteroatoms. The summed E-state index contributed by atoms with van der Waals surface area (Å²) >= 11 is 12.0. The summed E-state index contributed by atoms with van der Waals surface area (Å²) in [6.07, 6.45) is 1.27. The number of hydrogen-bond acceptors (Lipinski definition) is 2. The van der Waals surface area contributed by atoms with E-state index in [2.05, 4.69) is 10.6 Å². The van der Waals surface area contributed by atoms with Gasteiger partial charge in [0.05, 0.1) is 10.6 Å². The fourth-order valence-corrected chi connectivity index (χ4v) is 3.20. The molecule has 0 spiro atoms. The second-order valence-corrected chi connectivity index (χ2v) is 7.65. The van der Waals surface area contributed by atoms with Crippen LogP contribution in [0.3, 0.4) is 0 Å². The summed E-state index contributed by atoms with van der Waals surface area (Å²) in [5.74, 6) is -0.338. The van der Waals surface area contributed by atoms with Gasteiger partial charge in [0.25, 0.3) is 5.91 Å². The van der Waals surface area contributed by atoms with Crippen molar-refractivity contribution in [3.63, 3.8) is 0 Å². The zero-order chi connectivity index (χ0) is 19.8. The van der Waals surface area contributed by atoms with Crippen LogP contribution in [-0.2, 0) is 11.2 Å². The maximum absolute atomic E-state index is 12.6. The Bertz CT molecular complexity index is 779. The Morgan fingerprint density at radius 2 is 1.74 bits per heavy atom. The van der Waals surface area contributed by atoms with E-state index in [1.807, 2.05) is 44.2 Å². The van der Waals surface area contributed by atoms with Gasteiger partial charge < -0.3 is 10.6 Å². The summed E-state index contributed by atoms with van der Waals surface area (Å²) in [5.41, 5.74) is 1.45. The van der Waals surface area contributed by atoms with Crippen LogP contribution in [0.2, 0.25) is 10.0 Å². The van der Waals surface area contributed by atoms with E-state index in [1.165, 1.54) is 6.07 Å². The van der Waals surface area contributed by atoms with Crippen molar-refractivity contribution in [3.05, 3.63) is 69.7 Å². The van der Waals surface area contributed by atoms with Crippen LogP contribution in [0.4, 0.5) is 0 Å². The Morgan fingerprint density at radius 3 is 2.37 bits per heavy atom. The van der Waals surface area contributed by atoms with Gasteiger partial charge in [-0.3, -0.25) is 9.59 Å². The molecule has 0 saturated heterocycles. The average Bonchev–Trinajstić information content (AvgIpc) is 2.61. The highest BCUT2D eigenvalue weighted by Gasteiger charge is 2.23. The van der Waals surface area contributed by atoms with Gasteiger partial charge in [0.2, 0.25) is 5.91 Å². The number of nitrogens with one attached hydrogen (secondary N) is 2. The number of carbonyl (C=O) groups is 2. The quantitative estimate of drug-likeness (QED) is 0.677. The van der Waals surface area contributed by atoms with E-state index in [-0.39, 0.29) is 22.8 Å². The topological polar surface area (TPSA) is 58.2 Å². The van der Waals surface area contributed by atoms with Crippen molar-refractivity contribution in [2.24, 2.45) is 5.92 Å². The number of rotatable bonds is 8. The third-order valence-corrected chi connectivity index (χ3v) is 4.61. The molecule has 27 heavy (non-hydrogen) atoms. The Labute approximate surface area is 170 Å². The minimum absolute atomic E-state index is 0.196. The number of amides is 2. The molecule has 0 aliphatic carbocycles. The highest BCUT2D eigenvalue weighted by molar-refractivity contribution is 6.36. The van der Waals surface area contributed by atoms with Crippen molar-refractivity contribution in [3.8, 4) is 0 Å². The van der Waals surface area contributed by atoms with Gasteiger partial charge in [-0.1, -0.05) is 67.4 Å². The molecule has 2 aromatic carbocycles. The normalized spacial score (nSPS) is 11.9. The first-order valence-electron chi connectivity index (χ1n) is 8.94. The fourth-order valence-electron chi connectivity index (χ4n) is 2.71. The molecule has 0 aromatic heterocycles. The molecule has 2 rings (SSSR count). The molecule has 0 fully saturated rings. The van der Waals surface area contributed by atoms with Gasteiger partial charge >= 0.3 is 0 Å². The standard InChI is InChI=1S/C21H24Cl2N2O2/c1-14(2)12-19(21(27)24-11-10-15-6-4-3-5-7-15)25-20(26)17-9-8-16(22)13-18(17)23/h3-9,13-14,19H,10-12H2,1-2H3,(H,24,27)(H,25,26). The molecule has 0 aliphatic rings. The van der Waals surface area contributed by atoms with Crippen LogP contribution in [0.5, 0.6) is 0 Å². The summed E-state index contributed by atoms with van der Waals surface area (Å²) in [5, 5.41) is 6.41. The van der Waals surface area contributed by atoms with Gasteiger partial charge in [0.15, 0.2) is 0 Å². The molecule has 1 unspecified atom stereocenters. The molecule has 0 heterocycles. The van der Waals surface area contributed by atoms with Gasteiger partial charge in [-0.05, 0) is 42.5 Å². The van der Waals surface area contributed by atoms with Gasteiger partial charge in [-0.25, -0.2) is 0 Å². The van der Waals surface area contributed by atoms with E-state index in [4.69, 9.17) is 23.2 Å². The molecule has 0 aliphatic heterocycles. The van der Waals surface area contributed by atoms with Crippen molar-refractivity contribution >= 4 is 35.0 Å². The van der Waals surface area contributed by atoms with Crippen LogP contribution in [0.1, 0.15) is 36.2 Å². The first-order valence-corrected chi connectivity index (χ1v) is 9.70. The molecule has 2 N–H and O–H groups in total. The van der Waals surface area contributed by atoms with Gasteiger partial charge in [-0.2, -0.15) is 0 Å². The second kappa shape index (κ2) is 10.3. The highest BCUT2D eigenvalue weighted by atomic mass is 35.5. The van der Waals surface area contributed by atoms with E-state index in [1.54, 1.807) is 12.1 Å². The largest absolute Gasteiger partial charge is 0.354 e. The third-order valence-electron chi connectivity index (χ3n) is 4.06. The summed E-state index contributed by atoms with van der Waals surface area (Å²) in [7, 11) is 0. The lowest BCUT2D eigenvalue weighted by Crippen LogP contribution is -2.47. The zero-order valence-electron chi connectivity index (χ0n) is 15.5. The third kappa shape index (κ3) is 6.89. The van der Waals surface area contributed by atoms with E-state index in [9.17, 15) is 9.59 Å². The average molecular weight is 407 g/mol. The van der Waals surface area contributed by atoms with E-state index in [0.717, 1.165) is 12.0 Å². The van der Waals surface area contributed by atoms with Crippen LogP contribution in [0.15, 0.2) is 48.5 Å². The molecule has 2 aromatic rings. The second-order valence-electron chi connectivity index (χ2n) is 6.81. The Morgan fingerprint density at radius 1 is 1.04 bits per heavy atom. The maximum atomic E-state index is 12.6. The lowest BCUT2D eigenvalue weighted by molar-refractivity contribution is -0.123.